The average molecular weight is 286 g/mol. The number of rotatable bonds is 5. The Morgan fingerprint density at radius 3 is 2.42 bits per heavy atom. The van der Waals surface area contributed by atoms with Crippen molar-refractivity contribution in [2.75, 3.05) is 13.6 Å². The quantitative estimate of drug-likeness (QED) is 0.777. The van der Waals surface area contributed by atoms with Crippen LogP contribution in [0.15, 0.2) is 23.1 Å². The number of aryl methyl sites for hydroxylation is 1. The maximum absolute atomic E-state index is 12.2. The second-order valence-corrected chi connectivity index (χ2v) is 6.03. The van der Waals surface area contributed by atoms with Crippen molar-refractivity contribution < 1.29 is 23.1 Å². The van der Waals surface area contributed by atoms with Gasteiger partial charge >= 0.3 is 5.97 Å². The van der Waals surface area contributed by atoms with Gasteiger partial charge in [-0.15, -0.1) is 0 Å². The number of hydrogen-bond acceptors (Lipinski definition) is 4. The monoisotopic (exact) mass is 286 g/mol. The van der Waals surface area contributed by atoms with Gasteiger partial charge in [0.25, 0.3) is 0 Å². The van der Waals surface area contributed by atoms with Crippen LogP contribution in [0, 0.1) is 6.92 Å². The lowest BCUT2D eigenvalue weighted by atomic mass is 10.1. The van der Waals surface area contributed by atoms with Crippen molar-refractivity contribution in [2.45, 2.75) is 11.8 Å². The van der Waals surface area contributed by atoms with Crippen LogP contribution in [0.3, 0.4) is 0 Å². The number of aromatic carboxylic acids is 1. The fourth-order valence-electron chi connectivity index (χ4n) is 1.48. The van der Waals surface area contributed by atoms with Gasteiger partial charge < -0.3 is 10.8 Å². The van der Waals surface area contributed by atoms with E-state index in [0.29, 0.717) is 5.56 Å². The largest absolute Gasteiger partial charge is 0.478 e. The van der Waals surface area contributed by atoms with Crippen molar-refractivity contribution in [1.82, 2.24) is 4.31 Å². The summed E-state index contributed by atoms with van der Waals surface area (Å²) >= 11 is 0. The summed E-state index contributed by atoms with van der Waals surface area (Å²) in [4.78, 5) is 21.5. The van der Waals surface area contributed by atoms with E-state index in [-0.39, 0.29) is 10.5 Å². The van der Waals surface area contributed by atoms with Crippen molar-refractivity contribution in [2.24, 2.45) is 5.73 Å². The van der Waals surface area contributed by atoms with Crippen LogP contribution in [0.25, 0.3) is 0 Å². The number of carbonyl (C=O) groups excluding carboxylic acids is 1. The van der Waals surface area contributed by atoms with E-state index in [1.165, 1.54) is 26.1 Å². The summed E-state index contributed by atoms with van der Waals surface area (Å²) in [6.45, 7) is 1.07. The molecule has 0 radical (unpaired) electrons. The Kier molecular flexibility index (Phi) is 4.28. The maximum Gasteiger partial charge on any atom is 0.335 e. The Morgan fingerprint density at radius 2 is 1.95 bits per heavy atom. The minimum absolute atomic E-state index is 0.142. The Balaban J connectivity index is 3.31. The molecule has 0 aliphatic carbocycles. The number of nitrogens with zero attached hydrogens (tertiary/aromatic N) is 1. The molecule has 1 aromatic carbocycles. The van der Waals surface area contributed by atoms with E-state index in [1.807, 2.05) is 0 Å². The van der Waals surface area contributed by atoms with Gasteiger partial charge in [-0.25, -0.2) is 13.2 Å². The highest BCUT2D eigenvalue weighted by molar-refractivity contribution is 7.89. The number of carboxylic acid groups (broad SMARTS) is 1. The predicted octanol–water partition coefficient (Wildman–Crippen LogP) is -0.201. The van der Waals surface area contributed by atoms with Gasteiger partial charge in [0.15, 0.2) is 0 Å². The number of nitrogens with two attached hydrogens (primary N) is 1. The Bertz CT molecular complexity index is 624. The van der Waals surface area contributed by atoms with Crippen LogP contribution in [0.4, 0.5) is 0 Å². The molecule has 19 heavy (non-hydrogen) atoms. The Labute approximate surface area is 110 Å². The molecule has 1 amide bonds. The van der Waals surface area contributed by atoms with E-state index in [9.17, 15) is 18.0 Å². The summed E-state index contributed by atoms with van der Waals surface area (Å²) in [7, 11) is -2.75. The molecular weight excluding hydrogens is 272 g/mol. The van der Waals surface area contributed by atoms with Crippen LogP contribution in [0.1, 0.15) is 15.9 Å². The van der Waals surface area contributed by atoms with Gasteiger partial charge in [-0.05, 0) is 24.6 Å². The van der Waals surface area contributed by atoms with Gasteiger partial charge in [-0.3, -0.25) is 4.79 Å². The molecule has 0 spiro atoms. The number of likely N-dealkylation sites (N-methyl/N-ethyl adjacent to an activating group) is 1. The van der Waals surface area contributed by atoms with Crippen LogP contribution in [-0.2, 0) is 14.8 Å². The number of carbonyl (C=O) groups is 2. The third-order valence-electron chi connectivity index (χ3n) is 2.50. The van der Waals surface area contributed by atoms with E-state index in [2.05, 4.69) is 0 Å². The van der Waals surface area contributed by atoms with Gasteiger partial charge in [-0.1, -0.05) is 6.07 Å². The first-order chi connectivity index (χ1) is 8.66. The lowest BCUT2D eigenvalue weighted by Crippen LogP contribution is -2.35. The highest BCUT2D eigenvalue weighted by Crippen LogP contribution is 2.20. The molecule has 0 aromatic heterocycles. The van der Waals surface area contributed by atoms with Gasteiger partial charge in [0.05, 0.1) is 17.0 Å². The SMILES string of the molecule is Cc1ccc(C(=O)O)cc1S(=O)(=O)N(C)CC(N)=O. The summed E-state index contributed by atoms with van der Waals surface area (Å²) in [5, 5.41) is 8.87. The number of benzene rings is 1. The minimum Gasteiger partial charge on any atom is -0.478 e. The molecule has 0 aliphatic rings. The maximum atomic E-state index is 12.2. The molecular formula is C11H14N2O5S. The van der Waals surface area contributed by atoms with E-state index in [4.69, 9.17) is 10.8 Å². The summed E-state index contributed by atoms with van der Waals surface area (Å²) in [6.07, 6.45) is 0. The molecule has 104 valence electrons. The first kappa shape index (κ1) is 15.1. The summed E-state index contributed by atoms with van der Waals surface area (Å²) in [5.41, 5.74) is 5.19. The Hall–Kier alpha value is -1.93. The second-order valence-electron chi connectivity index (χ2n) is 4.01. The number of carboxylic acids is 1. The molecule has 1 aromatic rings. The molecule has 7 nitrogen and oxygen atoms in total. The van der Waals surface area contributed by atoms with Crippen LogP contribution >= 0.6 is 0 Å². The molecule has 0 bridgehead atoms. The summed E-state index contributed by atoms with van der Waals surface area (Å²) in [6, 6.07) is 3.77. The summed E-state index contributed by atoms with van der Waals surface area (Å²) < 4.78 is 25.2. The van der Waals surface area contributed by atoms with Crippen LogP contribution in [0.5, 0.6) is 0 Å². The Morgan fingerprint density at radius 1 is 1.37 bits per heavy atom. The van der Waals surface area contributed by atoms with E-state index in [1.54, 1.807) is 0 Å². The standard InChI is InChI=1S/C11H14N2O5S/c1-7-3-4-8(11(15)16)5-9(7)19(17,18)13(2)6-10(12)14/h3-5H,6H2,1-2H3,(H2,12,14)(H,15,16). The highest BCUT2D eigenvalue weighted by Gasteiger charge is 2.25. The van der Waals surface area contributed by atoms with Crippen LogP contribution in [0.2, 0.25) is 0 Å². The van der Waals surface area contributed by atoms with E-state index in [0.717, 1.165) is 10.4 Å². The van der Waals surface area contributed by atoms with E-state index >= 15 is 0 Å². The van der Waals surface area contributed by atoms with Gasteiger partial charge in [0, 0.05) is 7.05 Å². The first-order valence-electron chi connectivity index (χ1n) is 5.25. The second kappa shape index (κ2) is 5.37. The number of amides is 1. The van der Waals surface area contributed by atoms with E-state index < -0.39 is 28.4 Å². The smallest absolute Gasteiger partial charge is 0.335 e. The molecule has 0 unspecified atom stereocenters. The lowest BCUT2D eigenvalue weighted by Gasteiger charge is -2.17. The molecule has 8 heteroatoms. The topological polar surface area (TPSA) is 118 Å². The van der Waals surface area contributed by atoms with Crippen LogP contribution in [-0.4, -0.2) is 43.3 Å². The van der Waals surface area contributed by atoms with Gasteiger partial charge in [0.2, 0.25) is 15.9 Å². The zero-order chi connectivity index (χ0) is 14.8. The van der Waals surface area contributed by atoms with Crippen molar-refractivity contribution in [3.63, 3.8) is 0 Å². The average Bonchev–Trinajstić information content (AvgIpc) is 2.27. The van der Waals surface area contributed by atoms with Crippen molar-refractivity contribution in [1.29, 1.82) is 0 Å². The molecule has 3 N–H and O–H groups in total. The molecule has 0 heterocycles. The number of hydrogen-bond donors (Lipinski definition) is 2. The molecule has 0 atom stereocenters. The number of primary amides is 1. The fourth-order valence-corrected chi connectivity index (χ4v) is 2.87. The van der Waals surface area contributed by atoms with Gasteiger partial charge in [0.1, 0.15) is 0 Å². The first-order valence-corrected chi connectivity index (χ1v) is 6.69. The molecule has 0 fully saturated rings. The molecule has 0 aliphatic heterocycles. The van der Waals surface area contributed by atoms with Gasteiger partial charge in [-0.2, -0.15) is 4.31 Å². The lowest BCUT2D eigenvalue weighted by molar-refractivity contribution is -0.118. The molecule has 1 rings (SSSR count). The third kappa shape index (κ3) is 3.30. The molecule has 0 saturated heterocycles. The zero-order valence-electron chi connectivity index (χ0n) is 10.5. The number of sulfonamides is 1. The van der Waals surface area contributed by atoms with Crippen molar-refractivity contribution >= 4 is 21.9 Å². The molecule has 0 saturated carbocycles. The fraction of sp³-hybridized carbons (Fsp3) is 0.273. The summed E-state index contributed by atoms with van der Waals surface area (Å²) in [5.74, 6) is -2.02. The minimum atomic E-state index is -3.95. The third-order valence-corrected chi connectivity index (χ3v) is 4.45. The zero-order valence-corrected chi connectivity index (χ0v) is 11.3. The highest BCUT2D eigenvalue weighted by atomic mass is 32.2. The predicted molar refractivity (Wildman–Crippen MR) is 67.1 cm³/mol. The normalized spacial score (nSPS) is 11.5. The van der Waals surface area contributed by atoms with Crippen LogP contribution < -0.4 is 5.73 Å². The van der Waals surface area contributed by atoms with Crippen molar-refractivity contribution in [3.05, 3.63) is 29.3 Å². The van der Waals surface area contributed by atoms with Crippen molar-refractivity contribution in [3.8, 4) is 0 Å².